The second kappa shape index (κ2) is 3.42. The van der Waals surface area contributed by atoms with Crippen LogP contribution >= 0.6 is 33.9 Å². The Labute approximate surface area is 92.7 Å². The summed E-state index contributed by atoms with van der Waals surface area (Å²) in [5.41, 5.74) is 0. The van der Waals surface area contributed by atoms with Crippen LogP contribution in [0.2, 0.25) is 0 Å². The van der Waals surface area contributed by atoms with Crippen molar-refractivity contribution >= 4 is 44.0 Å². The van der Waals surface area contributed by atoms with E-state index in [9.17, 15) is 4.39 Å². The Hall–Kier alpha value is -0.360. The highest BCUT2D eigenvalue weighted by molar-refractivity contribution is 14.1. The summed E-state index contributed by atoms with van der Waals surface area (Å²) >= 11 is 3.47. The number of rotatable bonds is 1. The van der Waals surface area contributed by atoms with Crippen molar-refractivity contribution in [3.63, 3.8) is 0 Å². The highest BCUT2D eigenvalue weighted by Crippen LogP contribution is 2.34. The van der Waals surface area contributed by atoms with Crippen LogP contribution in [0.3, 0.4) is 0 Å². The molecule has 1 aromatic heterocycles. The zero-order valence-electron chi connectivity index (χ0n) is 6.80. The molecule has 0 aliphatic rings. The molecular formula is C9H6FIOS. The number of halogens is 2. The lowest BCUT2D eigenvalue weighted by molar-refractivity contribution is 0.386. The van der Waals surface area contributed by atoms with Gasteiger partial charge in [0, 0.05) is 0 Å². The third-order valence-corrected chi connectivity index (χ3v) is 3.52. The Morgan fingerprint density at radius 3 is 3.00 bits per heavy atom. The molecule has 0 aliphatic heterocycles. The van der Waals surface area contributed by atoms with Gasteiger partial charge < -0.3 is 4.74 Å². The number of ether oxygens (including phenoxy) is 1. The van der Waals surface area contributed by atoms with Crippen LogP contribution in [0.1, 0.15) is 0 Å². The highest BCUT2D eigenvalue weighted by Gasteiger charge is 2.12. The monoisotopic (exact) mass is 308 g/mol. The van der Waals surface area contributed by atoms with Crippen molar-refractivity contribution in [1.29, 1.82) is 0 Å². The molecule has 2 aromatic rings. The summed E-state index contributed by atoms with van der Waals surface area (Å²) < 4.78 is 20.1. The summed E-state index contributed by atoms with van der Waals surface area (Å²) in [5.74, 6) is 0.0925. The highest BCUT2D eigenvalue weighted by atomic mass is 127. The molecule has 2 rings (SSSR count). The van der Waals surface area contributed by atoms with Gasteiger partial charge in [0.25, 0.3) is 0 Å². The van der Waals surface area contributed by atoms with Crippen molar-refractivity contribution in [2.45, 2.75) is 0 Å². The van der Waals surface area contributed by atoms with E-state index in [1.165, 1.54) is 18.4 Å². The second-order valence-corrected chi connectivity index (χ2v) is 4.62. The predicted molar refractivity (Wildman–Crippen MR) is 61.1 cm³/mol. The maximum atomic E-state index is 13.6. The van der Waals surface area contributed by atoms with Gasteiger partial charge in [-0.2, -0.15) is 0 Å². The Morgan fingerprint density at radius 2 is 2.31 bits per heavy atom. The van der Waals surface area contributed by atoms with Crippen molar-refractivity contribution in [3.8, 4) is 5.75 Å². The van der Waals surface area contributed by atoms with Gasteiger partial charge >= 0.3 is 0 Å². The SMILES string of the molecule is COc1c(I)cc2ccsc2c1F. The first kappa shape index (κ1) is 9.21. The number of benzene rings is 1. The number of hydrogen-bond donors (Lipinski definition) is 0. The van der Waals surface area contributed by atoms with E-state index in [1.807, 2.05) is 17.5 Å². The Balaban J connectivity index is 2.85. The minimum absolute atomic E-state index is 0.251. The standard InChI is InChI=1S/C9H6FIOS/c1-12-8-6(11)4-5-2-3-13-9(5)7(8)10/h2-4H,1H3. The molecule has 0 spiro atoms. The van der Waals surface area contributed by atoms with Crippen LogP contribution in [0.25, 0.3) is 10.1 Å². The predicted octanol–water partition coefficient (Wildman–Crippen LogP) is 3.65. The van der Waals surface area contributed by atoms with E-state index in [4.69, 9.17) is 4.74 Å². The molecular weight excluding hydrogens is 302 g/mol. The van der Waals surface area contributed by atoms with E-state index >= 15 is 0 Å². The Morgan fingerprint density at radius 1 is 1.54 bits per heavy atom. The van der Waals surface area contributed by atoms with Gasteiger partial charge in [-0.05, 0) is 45.5 Å². The summed E-state index contributed by atoms with van der Waals surface area (Å²) in [5, 5.41) is 2.82. The number of hydrogen-bond acceptors (Lipinski definition) is 2. The number of thiophene rings is 1. The molecule has 68 valence electrons. The first-order chi connectivity index (χ1) is 6.24. The molecule has 0 fully saturated rings. The molecule has 1 heterocycles. The van der Waals surface area contributed by atoms with Crippen LogP contribution in [0.15, 0.2) is 17.5 Å². The fourth-order valence-corrected chi connectivity index (χ4v) is 2.81. The number of fused-ring (bicyclic) bond motifs is 1. The minimum Gasteiger partial charge on any atom is -0.493 e. The lowest BCUT2D eigenvalue weighted by Gasteiger charge is -2.04. The lowest BCUT2D eigenvalue weighted by Crippen LogP contribution is -1.91. The van der Waals surface area contributed by atoms with Crippen LogP contribution in [-0.2, 0) is 0 Å². The molecule has 1 nitrogen and oxygen atoms in total. The van der Waals surface area contributed by atoms with Crippen molar-refractivity contribution in [3.05, 3.63) is 26.9 Å². The van der Waals surface area contributed by atoms with Gasteiger partial charge in [-0.15, -0.1) is 11.3 Å². The molecule has 0 radical (unpaired) electrons. The summed E-state index contributed by atoms with van der Waals surface area (Å²) in [4.78, 5) is 0. The molecule has 13 heavy (non-hydrogen) atoms. The second-order valence-electron chi connectivity index (χ2n) is 2.54. The van der Waals surface area contributed by atoms with Crippen LogP contribution in [0.4, 0.5) is 4.39 Å². The fourth-order valence-electron chi connectivity index (χ4n) is 1.21. The van der Waals surface area contributed by atoms with Gasteiger partial charge in [0.2, 0.25) is 0 Å². The molecule has 1 aromatic carbocycles. The van der Waals surface area contributed by atoms with Crippen LogP contribution in [0.5, 0.6) is 5.75 Å². The van der Waals surface area contributed by atoms with Crippen molar-refractivity contribution in [1.82, 2.24) is 0 Å². The summed E-state index contributed by atoms with van der Waals surface area (Å²) in [6, 6.07) is 3.83. The third-order valence-electron chi connectivity index (χ3n) is 1.80. The smallest absolute Gasteiger partial charge is 0.183 e. The quantitative estimate of drug-likeness (QED) is 0.731. The maximum Gasteiger partial charge on any atom is 0.183 e. The zero-order valence-corrected chi connectivity index (χ0v) is 9.78. The first-order valence-electron chi connectivity index (χ1n) is 3.63. The first-order valence-corrected chi connectivity index (χ1v) is 5.59. The van der Waals surface area contributed by atoms with E-state index in [1.54, 1.807) is 0 Å². The van der Waals surface area contributed by atoms with E-state index in [0.717, 1.165) is 8.96 Å². The van der Waals surface area contributed by atoms with Crippen molar-refractivity contribution in [2.75, 3.05) is 7.11 Å². The van der Waals surface area contributed by atoms with Gasteiger partial charge in [-0.1, -0.05) is 0 Å². The average molecular weight is 308 g/mol. The van der Waals surface area contributed by atoms with Crippen molar-refractivity contribution in [2.24, 2.45) is 0 Å². The minimum atomic E-state index is -0.251. The fraction of sp³-hybridized carbons (Fsp3) is 0.111. The molecule has 0 atom stereocenters. The summed E-state index contributed by atoms with van der Waals surface area (Å²) in [6.07, 6.45) is 0. The topological polar surface area (TPSA) is 9.23 Å². The van der Waals surface area contributed by atoms with Gasteiger partial charge in [0.05, 0.1) is 15.4 Å². The molecule has 0 saturated carbocycles. The van der Waals surface area contributed by atoms with Gasteiger partial charge in [-0.3, -0.25) is 0 Å². The summed E-state index contributed by atoms with van der Waals surface area (Å²) in [7, 11) is 1.49. The van der Waals surface area contributed by atoms with E-state index in [2.05, 4.69) is 22.6 Å². The van der Waals surface area contributed by atoms with Crippen LogP contribution in [0, 0.1) is 9.39 Å². The van der Waals surface area contributed by atoms with Crippen LogP contribution in [-0.4, -0.2) is 7.11 Å². The number of methoxy groups -OCH3 is 1. The van der Waals surface area contributed by atoms with Gasteiger partial charge in [0.1, 0.15) is 0 Å². The largest absolute Gasteiger partial charge is 0.493 e. The zero-order chi connectivity index (χ0) is 9.42. The molecule has 0 amide bonds. The van der Waals surface area contributed by atoms with Gasteiger partial charge in [-0.25, -0.2) is 4.39 Å². The van der Waals surface area contributed by atoms with Crippen molar-refractivity contribution < 1.29 is 9.13 Å². The van der Waals surface area contributed by atoms with Gasteiger partial charge in [0.15, 0.2) is 11.6 Å². The van der Waals surface area contributed by atoms with E-state index < -0.39 is 0 Å². The molecule has 0 N–H and O–H groups in total. The lowest BCUT2D eigenvalue weighted by atomic mass is 10.2. The molecule has 4 heteroatoms. The van der Waals surface area contributed by atoms with Crippen LogP contribution < -0.4 is 4.74 Å². The summed E-state index contributed by atoms with van der Waals surface area (Å²) in [6.45, 7) is 0. The Bertz CT molecular complexity index is 452. The van der Waals surface area contributed by atoms with E-state index in [-0.39, 0.29) is 5.82 Å². The molecule has 0 bridgehead atoms. The normalized spacial score (nSPS) is 10.7. The maximum absolute atomic E-state index is 13.6. The molecule has 0 unspecified atom stereocenters. The average Bonchev–Trinajstić information content (AvgIpc) is 2.53. The molecule has 0 aliphatic carbocycles. The molecule has 0 saturated heterocycles. The Kier molecular flexibility index (Phi) is 2.42. The third kappa shape index (κ3) is 1.42. The van der Waals surface area contributed by atoms with E-state index in [0.29, 0.717) is 10.4 Å².